The number of benzene rings is 1. The van der Waals surface area contributed by atoms with Crippen molar-refractivity contribution < 1.29 is 0 Å². The number of rotatable bonds is 3. The lowest BCUT2D eigenvalue weighted by Crippen LogP contribution is -2.44. The summed E-state index contributed by atoms with van der Waals surface area (Å²) in [5.74, 6) is 0.798. The van der Waals surface area contributed by atoms with Crippen LogP contribution in [0.3, 0.4) is 0 Å². The van der Waals surface area contributed by atoms with Crippen molar-refractivity contribution in [2.24, 2.45) is 5.41 Å². The Hall–Kier alpha value is -0.820. The Morgan fingerprint density at radius 1 is 0.905 bits per heavy atom. The summed E-state index contributed by atoms with van der Waals surface area (Å²) >= 11 is 0. The molecule has 1 heteroatoms. The smallest absolute Gasteiger partial charge is 0.00747 e. The summed E-state index contributed by atoms with van der Waals surface area (Å²) in [5, 5.41) is 3.99. The van der Waals surface area contributed by atoms with Gasteiger partial charge in [0.2, 0.25) is 0 Å². The fourth-order valence-electron chi connectivity index (χ4n) is 4.49. The van der Waals surface area contributed by atoms with E-state index >= 15 is 0 Å². The van der Waals surface area contributed by atoms with Gasteiger partial charge in [0.1, 0.15) is 0 Å². The quantitative estimate of drug-likeness (QED) is 0.797. The first kappa shape index (κ1) is 15.1. The number of nitrogens with one attached hydrogen (secondary N) is 1. The monoisotopic (exact) mass is 285 g/mol. The Morgan fingerprint density at radius 3 is 2.29 bits per heavy atom. The van der Waals surface area contributed by atoms with Crippen molar-refractivity contribution >= 4 is 0 Å². The maximum atomic E-state index is 3.99. The highest BCUT2D eigenvalue weighted by Gasteiger charge is 2.30. The van der Waals surface area contributed by atoms with Gasteiger partial charge in [-0.1, -0.05) is 50.6 Å². The Morgan fingerprint density at radius 2 is 1.62 bits per heavy atom. The van der Waals surface area contributed by atoms with E-state index in [1.807, 2.05) is 0 Å². The first-order valence-corrected chi connectivity index (χ1v) is 8.93. The molecule has 0 radical (unpaired) electrons. The van der Waals surface area contributed by atoms with E-state index in [-0.39, 0.29) is 0 Å². The van der Waals surface area contributed by atoms with Crippen LogP contribution in [0.2, 0.25) is 0 Å². The standard InChI is InChI=1S/C20H31N/c1-20(2)14-6-9-19(15-20)21-18-12-10-17(11-13-18)16-7-4-3-5-8-16/h3-5,7-8,17-19,21H,6,9-15H2,1-2H3. The molecular weight excluding hydrogens is 254 g/mol. The van der Waals surface area contributed by atoms with Gasteiger partial charge in [-0.25, -0.2) is 0 Å². The summed E-state index contributed by atoms with van der Waals surface area (Å²) in [6.45, 7) is 4.88. The van der Waals surface area contributed by atoms with Crippen molar-refractivity contribution in [3.05, 3.63) is 35.9 Å². The zero-order valence-electron chi connectivity index (χ0n) is 13.8. The van der Waals surface area contributed by atoms with Crippen LogP contribution in [-0.2, 0) is 0 Å². The van der Waals surface area contributed by atoms with Crippen molar-refractivity contribution in [3.8, 4) is 0 Å². The molecule has 1 atom stereocenters. The maximum absolute atomic E-state index is 3.99. The van der Waals surface area contributed by atoms with Crippen LogP contribution in [0.5, 0.6) is 0 Å². The third-order valence-electron chi connectivity index (χ3n) is 5.67. The highest BCUT2D eigenvalue weighted by Crippen LogP contribution is 2.37. The average molecular weight is 285 g/mol. The van der Waals surface area contributed by atoms with Crippen molar-refractivity contribution in [2.45, 2.75) is 83.2 Å². The second kappa shape index (κ2) is 6.52. The molecule has 1 unspecified atom stereocenters. The van der Waals surface area contributed by atoms with Gasteiger partial charge in [-0.3, -0.25) is 0 Å². The van der Waals surface area contributed by atoms with Gasteiger partial charge in [-0.15, -0.1) is 0 Å². The molecule has 0 amide bonds. The first-order chi connectivity index (χ1) is 10.1. The molecule has 0 aromatic heterocycles. The number of hydrogen-bond acceptors (Lipinski definition) is 1. The summed E-state index contributed by atoms with van der Waals surface area (Å²) in [5.41, 5.74) is 2.10. The summed E-state index contributed by atoms with van der Waals surface area (Å²) in [7, 11) is 0. The molecule has 1 aromatic carbocycles. The Labute approximate surface area is 130 Å². The van der Waals surface area contributed by atoms with Gasteiger partial charge < -0.3 is 5.32 Å². The van der Waals surface area contributed by atoms with E-state index in [0.717, 1.165) is 18.0 Å². The predicted molar refractivity (Wildman–Crippen MR) is 90.6 cm³/mol. The van der Waals surface area contributed by atoms with Gasteiger partial charge in [0.05, 0.1) is 0 Å². The normalized spacial score (nSPS) is 32.8. The van der Waals surface area contributed by atoms with Crippen LogP contribution >= 0.6 is 0 Å². The molecule has 0 bridgehead atoms. The van der Waals surface area contributed by atoms with Crippen molar-refractivity contribution in [1.82, 2.24) is 5.32 Å². The number of hydrogen-bond donors (Lipinski definition) is 1. The topological polar surface area (TPSA) is 12.0 Å². The molecule has 0 spiro atoms. The summed E-state index contributed by atoms with van der Waals surface area (Å²) < 4.78 is 0. The minimum absolute atomic E-state index is 0.553. The van der Waals surface area contributed by atoms with Gasteiger partial charge in [-0.2, -0.15) is 0 Å². The van der Waals surface area contributed by atoms with Gasteiger partial charge in [-0.05, 0) is 61.8 Å². The van der Waals surface area contributed by atoms with Crippen LogP contribution in [0.4, 0.5) is 0 Å². The molecular formula is C20H31N. The largest absolute Gasteiger partial charge is 0.311 e. The second-order valence-electron chi connectivity index (χ2n) is 8.08. The van der Waals surface area contributed by atoms with E-state index in [1.165, 1.54) is 51.4 Å². The zero-order valence-corrected chi connectivity index (χ0v) is 13.8. The van der Waals surface area contributed by atoms with E-state index in [1.54, 1.807) is 5.56 Å². The highest BCUT2D eigenvalue weighted by molar-refractivity contribution is 5.20. The van der Waals surface area contributed by atoms with Gasteiger partial charge in [0.25, 0.3) is 0 Å². The van der Waals surface area contributed by atoms with Gasteiger partial charge in [0, 0.05) is 12.1 Å². The summed E-state index contributed by atoms with van der Waals surface area (Å²) in [6.07, 6.45) is 11.0. The second-order valence-corrected chi connectivity index (χ2v) is 8.08. The minimum atomic E-state index is 0.553. The molecule has 0 heterocycles. The minimum Gasteiger partial charge on any atom is -0.311 e. The van der Waals surface area contributed by atoms with Crippen LogP contribution in [0.25, 0.3) is 0 Å². The lowest BCUT2D eigenvalue weighted by atomic mass is 9.74. The molecule has 1 aromatic rings. The molecule has 0 saturated heterocycles. The van der Waals surface area contributed by atoms with E-state index in [9.17, 15) is 0 Å². The maximum Gasteiger partial charge on any atom is 0.00747 e. The summed E-state index contributed by atoms with van der Waals surface area (Å²) in [4.78, 5) is 0. The lowest BCUT2D eigenvalue weighted by molar-refractivity contribution is 0.178. The molecule has 2 aliphatic rings. The molecule has 1 nitrogen and oxygen atoms in total. The molecule has 3 rings (SSSR count). The highest BCUT2D eigenvalue weighted by atomic mass is 15.0. The first-order valence-electron chi connectivity index (χ1n) is 8.93. The molecule has 0 aliphatic heterocycles. The van der Waals surface area contributed by atoms with Crippen LogP contribution in [0.15, 0.2) is 30.3 Å². The van der Waals surface area contributed by atoms with Gasteiger partial charge in [0.15, 0.2) is 0 Å². The van der Waals surface area contributed by atoms with Crippen molar-refractivity contribution in [2.75, 3.05) is 0 Å². The van der Waals surface area contributed by atoms with E-state index in [4.69, 9.17) is 0 Å². The third kappa shape index (κ3) is 4.10. The van der Waals surface area contributed by atoms with Crippen LogP contribution < -0.4 is 5.32 Å². The molecule has 2 fully saturated rings. The SMILES string of the molecule is CC1(C)CCCC(NC2CCC(c3ccccc3)CC2)C1. The molecule has 116 valence electrons. The Bertz CT molecular complexity index is 428. The molecule has 2 aliphatic carbocycles. The van der Waals surface area contributed by atoms with Crippen LogP contribution in [0, 0.1) is 5.41 Å². The molecule has 1 N–H and O–H groups in total. The van der Waals surface area contributed by atoms with E-state index < -0.39 is 0 Å². The Kier molecular flexibility index (Phi) is 4.69. The zero-order chi connectivity index (χ0) is 14.7. The van der Waals surface area contributed by atoms with Crippen LogP contribution in [-0.4, -0.2) is 12.1 Å². The van der Waals surface area contributed by atoms with Gasteiger partial charge >= 0.3 is 0 Å². The van der Waals surface area contributed by atoms with Crippen LogP contribution in [0.1, 0.15) is 76.7 Å². The molecule has 2 saturated carbocycles. The summed E-state index contributed by atoms with van der Waals surface area (Å²) in [6, 6.07) is 12.6. The lowest BCUT2D eigenvalue weighted by Gasteiger charge is -2.39. The molecule has 21 heavy (non-hydrogen) atoms. The fraction of sp³-hybridized carbons (Fsp3) is 0.700. The average Bonchev–Trinajstić information content (AvgIpc) is 2.48. The van der Waals surface area contributed by atoms with Crippen molar-refractivity contribution in [1.29, 1.82) is 0 Å². The van der Waals surface area contributed by atoms with Crippen molar-refractivity contribution in [3.63, 3.8) is 0 Å². The van der Waals surface area contributed by atoms with E-state index in [2.05, 4.69) is 49.5 Å². The predicted octanol–water partition coefficient (Wildman–Crippen LogP) is 5.27. The Balaban J connectivity index is 1.48. The third-order valence-corrected chi connectivity index (χ3v) is 5.67. The fourth-order valence-corrected chi connectivity index (χ4v) is 4.49. The van der Waals surface area contributed by atoms with E-state index in [0.29, 0.717) is 5.41 Å².